The van der Waals surface area contributed by atoms with Crippen LogP contribution in [0.25, 0.3) is 0 Å². The van der Waals surface area contributed by atoms with Gasteiger partial charge in [0.15, 0.2) is 0 Å². The predicted octanol–water partition coefficient (Wildman–Crippen LogP) is 3.26. The lowest BCUT2D eigenvalue weighted by atomic mass is 10.1. The molecule has 1 heterocycles. The smallest absolute Gasteiger partial charge is 0.243 e. The van der Waals surface area contributed by atoms with Crippen molar-refractivity contribution in [2.45, 2.75) is 6.92 Å². The molecule has 0 aliphatic carbocycles. The molecule has 0 fully saturated rings. The van der Waals surface area contributed by atoms with Crippen molar-refractivity contribution in [3.8, 4) is 0 Å². The van der Waals surface area contributed by atoms with Gasteiger partial charge in [0.1, 0.15) is 5.82 Å². The molecule has 0 N–H and O–H groups in total. The Bertz CT molecular complexity index is 569. The van der Waals surface area contributed by atoms with E-state index in [-0.39, 0.29) is 5.56 Å². The van der Waals surface area contributed by atoms with Crippen molar-refractivity contribution in [3.05, 3.63) is 57.5 Å². The standard InChI is InChI=1S/C13H9FO2S/c1-8-6-11(17-7-8)13(16)12(15)9-2-4-10(14)5-3-9/h2-7H,1H3. The van der Waals surface area contributed by atoms with Crippen molar-refractivity contribution in [1.82, 2.24) is 0 Å². The van der Waals surface area contributed by atoms with Gasteiger partial charge in [-0.25, -0.2) is 4.39 Å². The number of halogens is 1. The van der Waals surface area contributed by atoms with Gasteiger partial charge in [0.25, 0.3) is 0 Å². The summed E-state index contributed by atoms with van der Waals surface area (Å²) < 4.78 is 12.7. The van der Waals surface area contributed by atoms with E-state index < -0.39 is 17.4 Å². The first-order valence-corrected chi connectivity index (χ1v) is 5.85. The maximum absolute atomic E-state index is 12.7. The molecule has 0 radical (unpaired) electrons. The molecular weight excluding hydrogens is 239 g/mol. The van der Waals surface area contributed by atoms with Crippen LogP contribution in [0.5, 0.6) is 0 Å². The fraction of sp³-hybridized carbons (Fsp3) is 0.0769. The second-order valence-corrected chi connectivity index (χ2v) is 4.56. The Balaban J connectivity index is 2.26. The monoisotopic (exact) mass is 248 g/mol. The van der Waals surface area contributed by atoms with Crippen LogP contribution in [0.2, 0.25) is 0 Å². The van der Waals surface area contributed by atoms with E-state index in [1.807, 2.05) is 12.3 Å². The van der Waals surface area contributed by atoms with Gasteiger partial charge < -0.3 is 0 Å². The number of benzene rings is 1. The van der Waals surface area contributed by atoms with Gasteiger partial charge in [0.05, 0.1) is 4.88 Å². The molecule has 2 nitrogen and oxygen atoms in total. The van der Waals surface area contributed by atoms with E-state index >= 15 is 0 Å². The summed E-state index contributed by atoms with van der Waals surface area (Å²) in [5.74, 6) is -1.58. The maximum atomic E-state index is 12.7. The van der Waals surface area contributed by atoms with Crippen molar-refractivity contribution in [3.63, 3.8) is 0 Å². The SMILES string of the molecule is Cc1csc(C(=O)C(=O)c2ccc(F)cc2)c1. The molecule has 2 aromatic rings. The predicted molar refractivity (Wildman–Crippen MR) is 64.1 cm³/mol. The highest BCUT2D eigenvalue weighted by atomic mass is 32.1. The van der Waals surface area contributed by atoms with Gasteiger partial charge >= 0.3 is 0 Å². The van der Waals surface area contributed by atoms with Crippen molar-refractivity contribution >= 4 is 22.9 Å². The van der Waals surface area contributed by atoms with E-state index in [2.05, 4.69) is 0 Å². The van der Waals surface area contributed by atoms with Gasteiger partial charge in [0, 0.05) is 5.56 Å². The number of hydrogen-bond acceptors (Lipinski definition) is 3. The minimum Gasteiger partial charge on any atom is -0.285 e. The number of Topliss-reactive ketones (excluding diaryl/α,β-unsaturated/α-hetero) is 2. The fourth-order valence-corrected chi connectivity index (χ4v) is 2.23. The number of rotatable bonds is 3. The van der Waals surface area contributed by atoms with Gasteiger partial charge in [-0.3, -0.25) is 9.59 Å². The molecule has 0 saturated carbocycles. The highest BCUT2D eigenvalue weighted by Crippen LogP contribution is 2.16. The summed E-state index contributed by atoms with van der Waals surface area (Å²) in [7, 11) is 0. The molecule has 0 spiro atoms. The molecule has 1 aromatic carbocycles. The first kappa shape index (κ1) is 11.7. The molecule has 0 aliphatic heterocycles. The summed E-state index contributed by atoms with van der Waals surface area (Å²) in [6.07, 6.45) is 0. The Morgan fingerprint density at radius 2 is 1.76 bits per heavy atom. The zero-order valence-corrected chi connectivity index (χ0v) is 9.88. The number of carbonyl (C=O) groups excluding carboxylic acids is 2. The summed E-state index contributed by atoms with van der Waals surface area (Å²) in [5, 5.41) is 1.81. The zero-order chi connectivity index (χ0) is 12.4. The summed E-state index contributed by atoms with van der Waals surface area (Å²) >= 11 is 1.24. The molecule has 1 aromatic heterocycles. The van der Waals surface area contributed by atoms with Crippen LogP contribution in [-0.2, 0) is 0 Å². The van der Waals surface area contributed by atoms with Gasteiger partial charge in [-0.15, -0.1) is 11.3 Å². The molecule has 4 heteroatoms. The van der Waals surface area contributed by atoms with E-state index in [1.165, 1.54) is 35.6 Å². The summed E-state index contributed by atoms with van der Waals surface area (Å²) in [6.45, 7) is 1.86. The topological polar surface area (TPSA) is 34.1 Å². The molecular formula is C13H9FO2S. The van der Waals surface area contributed by atoms with E-state index in [4.69, 9.17) is 0 Å². The average molecular weight is 248 g/mol. The molecule has 0 amide bonds. The first-order valence-electron chi connectivity index (χ1n) is 4.97. The lowest BCUT2D eigenvalue weighted by Crippen LogP contribution is -2.13. The Hall–Kier alpha value is -1.81. The minimum absolute atomic E-state index is 0.211. The fourth-order valence-electron chi connectivity index (χ4n) is 1.39. The highest BCUT2D eigenvalue weighted by Gasteiger charge is 2.19. The van der Waals surface area contributed by atoms with Crippen molar-refractivity contribution in [1.29, 1.82) is 0 Å². The lowest BCUT2D eigenvalue weighted by Gasteiger charge is -1.98. The quantitative estimate of drug-likeness (QED) is 0.617. The third kappa shape index (κ3) is 2.47. The van der Waals surface area contributed by atoms with Gasteiger partial charge in [-0.2, -0.15) is 0 Å². The first-order chi connectivity index (χ1) is 8.08. The minimum atomic E-state index is -0.605. The molecule has 0 aliphatic rings. The second kappa shape index (κ2) is 4.59. The average Bonchev–Trinajstić information content (AvgIpc) is 2.75. The summed E-state index contributed by atoms with van der Waals surface area (Å²) in [4.78, 5) is 24.0. The van der Waals surface area contributed by atoms with E-state index in [0.29, 0.717) is 4.88 Å². The molecule has 0 saturated heterocycles. The Morgan fingerprint density at radius 3 is 2.29 bits per heavy atom. The molecule has 86 valence electrons. The number of ketones is 2. The normalized spacial score (nSPS) is 10.2. The lowest BCUT2D eigenvalue weighted by molar-refractivity contribution is 0.0819. The second-order valence-electron chi connectivity index (χ2n) is 3.65. The molecule has 2 rings (SSSR count). The van der Waals surface area contributed by atoms with Crippen LogP contribution >= 0.6 is 11.3 Å². The van der Waals surface area contributed by atoms with E-state index in [1.54, 1.807) is 6.07 Å². The number of hydrogen-bond donors (Lipinski definition) is 0. The van der Waals surface area contributed by atoms with Crippen LogP contribution < -0.4 is 0 Å². The van der Waals surface area contributed by atoms with Crippen molar-refractivity contribution < 1.29 is 14.0 Å². The Labute approximate surface area is 102 Å². The highest BCUT2D eigenvalue weighted by molar-refractivity contribution is 7.13. The van der Waals surface area contributed by atoms with Gasteiger partial charge in [-0.1, -0.05) is 0 Å². The zero-order valence-electron chi connectivity index (χ0n) is 9.07. The van der Waals surface area contributed by atoms with Crippen LogP contribution in [0.1, 0.15) is 25.6 Å². The molecule has 17 heavy (non-hydrogen) atoms. The summed E-state index contributed by atoms with van der Waals surface area (Å²) in [6, 6.07) is 6.64. The van der Waals surface area contributed by atoms with Crippen LogP contribution in [0.3, 0.4) is 0 Å². The van der Waals surface area contributed by atoms with Gasteiger partial charge in [0.2, 0.25) is 11.6 Å². The van der Waals surface area contributed by atoms with E-state index in [0.717, 1.165) is 5.56 Å². The maximum Gasteiger partial charge on any atom is 0.243 e. The number of thiophene rings is 1. The van der Waals surface area contributed by atoms with Gasteiger partial charge in [-0.05, 0) is 48.2 Å². The molecule has 0 atom stereocenters. The van der Waals surface area contributed by atoms with Crippen LogP contribution in [0.4, 0.5) is 4.39 Å². The molecule has 0 bridgehead atoms. The third-order valence-electron chi connectivity index (χ3n) is 2.27. The van der Waals surface area contributed by atoms with Crippen LogP contribution in [0, 0.1) is 12.7 Å². The number of carbonyl (C=O) groups is 2. The van der Waals surface area contributed by atoms with E-state index in [9.17, 15) is 14.0 Å². The van der Waals surface area contributed by atoms with Crippen LogP contribution in [0.15, 0.2) is 35.7 Å². The van der Waals surface area contributed by atoms with Crippen molar-refractivity contribution in [2.24, 2.45) is 0 Å². The number of aryl methyl sites for hydroxylation is 1. The Morgan fingerprint density at radius 1 is 1.12 bits per heavy atom. The molecule has 0 unspecified atom stereocenters. The Kier molecular flexibility index (Phi) is 3.15. The van der Waals surface area contributed by atoms with Crippen molar-refractivity contribution in [2.75, 3.05) is 0 Å². The largest absolute Gasteiger partial charge is 0.285 e. The third-order valence-corrected chi connectivity index (χ3v) is 3.31. The van der Waals surface area contributed by atoms with Crippen LogP contribution in [-0.4, -0.2) is 11.6 Å². The summed E-state index contributed by atoms with van der Waals surface area (Å²) in [5.41, 5.74) is 1.16.